The Bertz CT molecular complexity index is 757. The zero-order valence-corrected chi connectivity index (χ0v) is 14.7. The second kappa shape index (κ2) is 9.88. The highest BCUT2D eigenvalue weighted by molar-refractivity contribution is 5.98. The maximum Gasteiger partial charge on any atom is 0.251 e. The number of rotatable bonds is 9. The lowest BCUT2D eigenvalue weighted by Crippen LogP contribution is -2.24. The number of amides is 2. The molecule has 2 aromatic carbocycles. The lowest BCUT2D eigenvalue weighted by atomic mass is 10.2. The third-order valence-corrected chi connectivity index (χ3v) is 3.42. The van der Waals surface area contributed by atoms with Crippen LogP contribution in [-0.2, 0) is 4.79 Å². The second-order valence-corrected chi connectivity index (χ2v) is 5.47. The van der Waals surface area contributed by atoms with Gasteiger partial charge in [0.2, 0.25) is 5.91 Å². The van der Waals surface area contributed by atoms with E-state index in [-0.39, 0.29) is 18.4 Å². The molecule has 0 bridgehead atoms. The van der Waals surface area contributed by atoms with E-state index in [1.165, 1.54) is 0 Å². The van der Waals surface area contributed by atoms with Crippen molar-refractivity contribution in [1.29, 1.82) is 0 Å². The first-order valence-corrected chi connectivity index (χ1v) is 8.38. The van der Waals surface area contributed by atoms with E-state index in [1.54, 1.807) is 30.3 Å². The standard InChI is InChI=1S/C20H23N3O3/c1-3-12-26-18-10-8-16(9-11-18)22-14-19(24)23-17-7-5-6-15(13-17)20(25)21-4-2/h3,5-11,13,22H,1,4,12,14H2,2H3,(H,21,25)(H,23,24). The third-order valence-electron chi connectivity index (χ3n) is 3.42. The molecule has 0 saturated heterocycles. The molecule has 2 rings (SSSR count). The molecule has 2 amide bonds. The van der Waals surface area contributed by atoms with Gasteiger partial charge in [-0.05, 0) is 49.4 Å². The van der Waals surface area contributed by atoms with Crippen molar-refractivity contribution in [3.63, 3.8) is 0 Å². The van der Waals surface area contributed by atoms with E-state index in [0.29, 0.717) is 24.4 Å². The Labute approximate surface area is 153 Å². The molecule has 0 saturated carbocycles. The predicted molar refractivity (Wildman–Crippen MR) is 104 cm³/mol. The van der Waals surface area contributed by atoms with Gasteiger partial charge in [-0.15, -0.1) is 0 Å². The minimum absolute atomic E-state index is 0.109. The Morgan fingerprint density at radius 1 is 1.12 bits per heavy atom. The van der Waals surface area contributed by atoms with Crippen LogP contribution in [0.2, 0.25) is 0 Å². The summed E-state index contributed by atoms with van der Waals surface area (Å²) in [6.45, 7) is 6.56. The summed E-state index contributed by atoms with van der Waals surface area (Å²) in [6, 6.07) is 14.1. The fourth-order valence-electron chi connectivity index (χ4n) is 2.21. The predicted octanol–water partition coefficient (Wildman–Crippen LogP) is 3.05. The molecule has 0 fully saturated rings. The molecular weight excluding hydrogens is 330 g/mol. The summed E-state index contributed by atoms with van der Waals surface area (Å²) in [5.41, 5.74) is 1.89. The SMILES string of the molecule is C=CCOc1ccc(NCC(=O)Nc2cccc(C(=O)NCC)c2)cc1. The maximum absolute atomic E-state index is 12.1. The van der Waals surface area contributed by atoms with Gasteiger partial charge >= 0.3 is 0 Å². The first-order chi connectivity index (χ1) is 12.6. The van der Waals surface area contributed by atoms with Crippen LogP contribution in [0, 0.1) is 0 Å². The number of nitrogens with one attached hydrogen (secondary N) is 3. The normalized spacial score (nSPS) is 9.88. The van der Waals surface area contributed by atoms with E-state index in [2.05, 4.69) is 22.5 Å². The molecule has 0 atom stereocenters. The average Bonchev–Trinajstić information content (AvgIpc) is 2.66. The van der Waals surface area contributed by atoms with E-state index in [0.717, 1.165) is 11.4 Å². The molecule has 136 valence electrons. The average molecular weight is 353 g/mol. The lowest BCUT2D eigenvalue weighted by Gasteiger charge is -2.10. The minimum Gasteiger partial charge on any atom is -0.490 e. The summed E-state index contributed by atoms with van der Waals surface area (Å²) in [4.78, 5) is 23.9. The number of ether oxygens (including phenoxy) is 1. The summed E-state index contributed by atoms with van der Waals surface area (Å²) in [5, 5.41) is 8.54. The van der Waals surface area contributed by atoms with Crippen molar-refractivity contribution >= 4 is 23.2 Å². The highest BCUT2D eigenvalue weighted by Crippen LogP contribution is 2.16. The molecule has 0 aliphatic rings. The van der Waals surface area contributed by atoms with Crippen molar-refractivity contribution in [1.82, 2.24) is 5.32 Å². The number of hydrogen-bond acceptors (Lipinski definition) is 4. The van der Waals surface area contributed by atoms with Gasteiger partial charge in [-0.2, -0.15) is 0 Å². The van der Waals surface area contributed by atoms with Crippen molar-refractivity contribution in [2.75, 3.05) is 30.3 Å². The van der Waals surface area contributed by atoms with Gasteiger partial charge in [0.05, 0.1) is 6.54 Å². The largest absolute Gasteiger partial charge is 0.490 e. The third kappa shape index (κ3) is 5.98. The number of hydrogen-bond donors (Lipinski definition) is 3. The van der Waals surface area contributed by atoms with Crippen LogP contribution in [0.5, 0.6) is 5.75 Å². The molecule has 0 heterocycles. The van der Waals surface area contributed by atoms with Crippen LogP contribution in [0.4, 0.5) is 11.4 Å². The maximum atomic E-state index is 12.1. The Morgan fingerprint density at radius 3 is 2.58 bits per heavy atom. The van der Waals surface area contributed by atoms with Gasteiger partial charge < -0.3 is 20.7 Å². The molecule has 0 unspecified atom stereocenters. The zero-order chi connectivity index (χ0) is 18.8. The summed E-state index contributed by atoms with van der Waals surface area (Å²) in [5.74, 6) is 0.368. The molecule has 0 aliphatic heterocycles. The van der Waals surface area contributed by atoms with Gasteiger partial charge in [0.1, 0.15) is 12.4 Å². The molecule has 0 radical (unpaired) electrons. The van der Waals surface area contributed by atoms with E-state index in [4.69, 9.17) is 4.74 Å². The number of carbonyl (C=O) groups excluding carboxylic acids is 2. The van der Waals surface area contributed by atoms with Gasteiger partial charge in [0, 0.05) is 23.5 Å². The van der Waals surface area contributed by atoms with Gasteiger partial charge in [-0.25, -0.2) is 0 Å². The quantitative estimate of drug-likeness (QED) is 0.606. The van der Waals surface area contributed by atoms with Gasteiger partial charge in [0.25, 0.3) is 5.91 Å². The first-order valence-electron chi connectivity index (χ1n) is 8.38. The van der Waals surface area contributed by atoms with Gasteiger partial charge in [-0.1, -0.05) is 18.7 Å². The van der Waals surface area contributed by atoms with Crippen molar-refractivity contribution < 1.29 is 14.3 Å². The topological polar surface area (TPSA) is 79.5 Å². The van der Waals surface area contributed by atoms with Gasteiger partial charge in [0.15, 0.2) is 0 Å². The summed E-state index contributed by atoms with van der Waals surface area (Å²) in [7, 11) is 0. The molecule has 0 spiro atoms. The molecule has 3 N–H and O–H groups in total. The van der Waals surface area contributed by atoms with Crippen LogP contribution in [0.1, 0.15) is 17.3 Å². The Balaban J connectivity index is 1.86. The Kier molecular flexibility index (Phi) is 7.24. The number of carbonyl (C=O) groups is 2. The zero-order valence-electron chi connectivity index (χ0n) is 14.7. The highest BCUT2D eigenvalue weighted by Gasteiger charge is 2.07. The van der Waals surface area contributed by atoms with E-state index >= 15 is 0 Å². The molecule has 2 aromatic rings. The first kappa shape index (κ1) is 19.1. The Morgan fingerprint density at radius 2 is 1.88 bits per heavy atom. The van der Waals surface area contributed by atoms with E-state index < -0.39 is 0 Å². The van der Waals surface area contributed by atoms with Crippen LogP contribution in [0.25, 0.3) is 0 Å². The van der Waals surface area contributed by atoms with Crippen LogP contribution in [0.3, 0.4) is 0 Å². The number of benzene rings is 2. The molecule has 26 heavy (non-hydrogen) atoms. The molecule has 6 nitrogen and oxygen atoms in total. The van der Waals surface area contributed by atoms with Gasteiger partial charge in [-0.3, -0.25) is 9.59 Å². The highest BCUT2D eigenvalue weighted by atomic mass is 16.5. The molecule has 0 aromatic heterocycles. The van der Waals surface area contributed by atoms with Crippen LogP contribution < -0.4 is 20.7 Å². The fourth-order valence-corrected chi connectivity index (χ4v) is 2.21. The number of anilines is 2. The van der Waals surface area contributed by atoms with Crippen molar-refractivity contribution in [2.24, 2.45) is 0 Å². The summed E-state index contributed by atoms with van der Waals surface area (Å²) < 4.78 is 5.40. The van der Waals surface area contributed by atoms with E-state index in [1.807, 2.05) is 31.2 Å². The van der Waals surface area contributed by atoms with Crippen LogP contribution >= 0.6 is 0 Å². The Hall–Kier alpha value is -3.28. The van der Waals surface area contributed by atoms with Crippen molar-refractivity contribution in [3.05, 3.63) is 66.7 Å². The van der Waals surface area contributed by atoms with Crippen LogP contribution in [0.15, 0.2) is 61.2 Å². The summed E-state index contributed by atoms with van der Waals surface area (Å²) >= 11 is 0. The molecule has 0 aliphatic carbocycles. The molecule has 6 heteroatoms. The monoisotopic (exact) mass is 353 g/mol. The second-order valence-electron chi connectivity index (χ2n) is 5.47. The van der Waals surface area contributed by atoms with E-state index in [9.17, 15) is 9.59 Å². The summed E-state index contributed by atoms with van der Waals surface area (Å²) in [6.07, 6.45) is 1.68. The minimum atomic E-state index is -0.204. The van der Waals surface area contributed by atoms with Crippen molar-refractivity contribution in [3.8, 4) is 5.75 Å². The smallest absolute Gasteiger partial charge is 0.251 e. The van der Waals surface area contributed by atoms with Crippen LogP contribution in [-0.4, -0.2) is 31.5 Å². The lowest BCUT2D eigenvalue weighted by molar-refractivity contribution is -0.114. The van der Waals surface area contributed by atoms with Crippen molar-refractivity contribution in [2.45, 2.75) is 6.92 Å². The fraction of sp³-hybridized carbons (Fsp3) is 0.200. The molecular formula is C20H23N3O3.